The largest absolute Gasteiger partial charge is 0.456 e. The normalized spacial score (nSPS) is 11.8. The molecule has 0 atom stereocenters. The SMILES string of the molecule is [C-]#[N+]c1cccc2c1c1ccccc1n2-c1cccc(-c2ccc3oc4ccc(-n5c6ccccc6c6c(C)cccc65)cc4c3c2)c1. The van der Waals surface area contributed by atoms with Crippen LogP contribution in [0.1, 0.15) is 5.56 Å². The summed E-state index contributed by atoms with van der Waals surface area (Å²) in [4.78, 5) is 3.85. The number of fused-ring (bicyclic) bond motifs is 9. The van der Waals surface area contributed by atoms with E-state index in [9.17, 15) is 0 Å². The van der Waals surface area contributed by atoms with Gasteiger partial charge in [0, 0.05) is 43.8 Å². The minimum Gasteiger partial charge on any atom is -0.456 e. The second kappa shape index (κ2) is 9.96. The summed E-state index contributed by atoms with van der Waals surface area (Å²) in [5, 5.41) is 6.82. The zero-order valence-corrected chi connectivity index (χ0v) is 26.1. The van der Waals surface area contributed by atoms with Gasteiger partial charge in [-0.15, -0.1) is 0 Å². The molecule has 0 saturated carbocycles. The highest BCUT2D eigenvalue weighted by molar-refractivity contribution is 6.15. The lowest BCUT2D eigenvalue weighted by Crippen LogP contribution is -1.94. The first-order valence-corrected chi connectivity index (χ1v) is 16.1. The summed E-state index contributed by atoms with van der Waals surface area (Å²) in [5.74, 6) is 0. The summed E-state index contributed by atoms with van der Waals surface area (Å²) in [6.45, 7) is 10.0. The average Bonchev–Trinajstić information content (AvgIpc) is 3.79. The standard InChI is InChI=1S/C44H27N3O/c1-27-10-7-18-39-43(27)32-13-3-5-16-37(32)47(39)31-21-23-42-35(26-31)34-25-29(20-22-41(34)48-42)28-11-8-12-30(24-28)46-38-17-6-4-14-33(38)44-36(45-2)15-9-19-40(44)46/h3-26H,1H3. The lowest BCUT2D eigenvalue weighted by molar-refractivity contribution is 0.669. The Hall–Kier alpha value is -6.57. The van der Waals surface area contributed by atoms with Crippen molar-refractivity contribution in [3.8, 4) is 22.5 Å². The van der Waals surface area contributed by atoms with Crippen LogP contribution < -0.4 is 0 Å². The second-order valence-electron chi connectivity index (χ2n) is 12.5. The summed E-state index contributed by atoms with van der Waals surface area (Å²) in [5.41, 5.74) is 12.6. The van der Waals surface area contributed by atoms with E-state index >= 15 is 0 Å². The van der Waals surface area contributed by atoms with Gasteiger partial charge in [-0.05, 0) is 95.7 Å². The molecular formula is C44H27N3O. The van der Waals surface area contributed by atoms with Crippen LogP contribution in [0.3, 0.4) is 0 Å². The Morgan fingerprint density at radius 3 is 1.83 bits per heavy atom. The van der Waals surface area contributed by atoms with Crippen LogP contribution in [0, 0.1) is 13.5 Å². The van der Waals surface area contributed by atoms with Gasteiger partial charge in [-0.25, -0.2) is 4.85 Å². The third kappa shape index (κ3) is 3.70. The molecule has 0 aliphatic carbocycles. The monoisotopic (exact) mass is 613 g/mol. The van der Waals surface area contributed by atoms with Gasteiger partial charge < -0.3 is 13.6 Å². The van der Waals surface area contributed by atoms with Crippen LogP contribution in [0.5, 0.6) is 0 Å². The molecule has 224 valence electrons. The molecule has 0 amide bonds. The van der Waals surface area contributed by atoms with E-state index in [4.69, 9.17) is 11.0 Å². The van der Waals surface area contributed by atoms with E-state index in [1.165, 1.54) is 27.4 Å². The van der Waals surface area contributed by atoms with Crippen molar-refractivity contribution < 1.29 is 4.42 Å². The van der Waals surface area contributed by atoms with E-state index in [-0.39, 0.29) is 0 Å². The maximum Gasteiger partial charge on any atom is 0.197 e. The van der Waals surface area contributed by atoms with E-state index in [0.29, 0.717) is 5.69 Å². The quantitative estimate of drug-likeness (QED) is 0.182. The first kappa shape index (κ1) is 26.6. The number of hydrogen-bond donors (Lipinski definition) is 0. The predicted octanol–water partition coefficient (Wildman–Crippen LogP) is 12.3. The predicted molar refractivity (Wildman–Crippen MR) is 199 cm³/mol. The van der Waals surface area contributed by atoms with Gasteiger partial charge in [-0.2, -0.15) is 0 Å². The molecule has 3 heterocycles. The highest BCUT2D eigenvalue weighted by Crippen LogP contribution is 2.40. The summed E-state index contributed by atoms with van der Waals surface area (Å²) in [6, 6.07) is 51.2. The van der Waals surface area contributed by atoms with Crippen molar-refractivity contribution in [3.63, 3.8) is 0 Å². The first-order chi connectivity index (χ1) is 23.7. The average molecular weight is 614 g/mol. The number of para-hydroxylation sites is 2. The fourth-order valence-corrected chi connectivity index (χ4v) is 7.76. The van der Waals surface area contributed by atoms with Crippen molar-refractivity contribution >= 4 is 71.2 Å². The van der Waals surface area contributed by atoms with Crippen molar-refractivity contribution in [2.24, 2.45) is 0 Å². The number of hydrogen-bond acceptors (Lipinski definition) is 1. The van der Waals surface area contributed by atoms with Crippen LogP contribution in [-0.4, -0.2) is 9.13 Å². The molecule has 0 spiro atoms. The maximum atomic E-state index is 7.81. The first-order valence-electron chi connectivity index (χ1n) is 16.1. The smallest absolute Gasteiger partial charge is 0.197 e. The number of nitrogens with zero attached hydrogens (tertiary/aromatic N) is 3. The molecule has 0 unspecified atom stereocenters. The number of benzene rings is 7. The molecule has 0 saturated heterocycles. The Bertz CT molecular complexity index is 2980. The van der Waals surface area contributed by atoms with Crippen molar-refractivity contribution in [2.45, 2.75) is 6.92 Å². The summed E-state index contributed by atoms with van der Waals surface area (Å²) < 4.78 is 11.0. The van der Waals surface area contributed by atoms with E-state index in [1.807, 2.05) is 18.2 Å². The van der Waals surface area contributed by atoms with Gasteiger partial charge in [-0.3, -0.25) is 0 Å². The molecule has 0 fully saturated rings. The maximum absolute atomic E-state index is 7.81. The van der Waals surface area contributed by atoms with Gasteiger partial charge in [0.05, 0.1) is 23.1 Å². The lowest BCUT2D eigenvalue weighted by Gasteiger charge is -2.11. The molecule has 0 bridgehead atoms. The van der Waals surface area contributed by atoms with E-state index in [0.717, 1.165) is 66.2 Å². The van der Waals surface area contributed by atoms with Crippen molar-refractivity contribution in [2.75, 3.05) is 0 Å². The molecule has 3 aromatic heterocycles. The fourth-order valence-electron chi connectivity index (χ4n) is 7.76. The van der Waals surface area contributed by atoms with E-state index in [1.54, 1.807) is 0 Å². The zero-order chi connectivity index (χ0) is 31.9. The molecule has 4 nitrogen and oxygen atoms in total. The zero-order valence-electron chi connectivity index (χ0n) is 26.1. The topological polar surface area (TPSA) is 27.4 Å². The van der Waals surface area contributed by atoms with Gasteiger partial charge in [0.15, 0.2) is 5.69 Å². The Balaban J connectivity index is 1.15. The number of aromatic nitrogens is 2. The van der Waals surface area contributed by atoms with Gasteiger partial charge in [-0.1, -0.05) is 78.9 Å². The lowest BCUT2D eigenvalue weighted by atomic mass is 10.0. The molecule has 4 heteroatoms. The minimum absolute atomic E-state index is 0.673. The van der Waals surface area contributed by atoms with Gasteiger partial charge in [0.25, 0.3) is 0 Å². The molecular weight excluding hydrogens is 587 g/mol. The number of rotatable bonds is 3. The van der Waals surface area contributed by atoms with Crippen LogP contribution in [0.15, 0.2) is 150 Å². The molecule has 0 radical (unpaired) electrons. The molecule has 0 aliphatic rings. The Morgan fingerprint density at radius 1 is 0.479 bits per heavy atom. The van der Waals surface area contributed by atoms with Crippen LogP contribution >= 0.6 is 0 Å². The van der Waals surface area contributed by atoms with Crippen LogP contribution in [-0.2, 0) is 0 Å². The molecule has 7 aromatic carbocycles. The van der Waals surface area contributed by atoms with E-state index < -0.39 is 0 Å². The highest BCUT2D eigenvalue weighted by atomic mass is 16.3. The Labute approximate surface area is 276 Å². The Morgan fingerprint density at radius 2 is 1.06 bits per heavy atom. The summed E-state index contributed by atoms with van der Waals surface area (Å²) in [6.07, 6.45) is 0. The highest BCUT2D eigenvalue weighted by Gasteiger charge is 2.17. The molecule has 0 aliphatic heterocycles. The number of furan rings is 1. The Kier molecular flexibility index (Phi) is 5.53. The van der Waals surface area contributed by atoms with Crippen molar-refractivity contribution in [1.82, 2.24) is 9.13 Å². The molecule has 48 heavy (non-hydrogen) atoms. The van der Waals surface area contributed by atoms with Crippen LogP contribution in [0.4, 0.5) is 5.69 Å². The molecule has 10 rings (SSSR count). The third-order valence-corrected chi connectivity index (χ3v) is 9.85. The number of aryl methyl sites for hydroxylation is 1. The minimum atomic E-state index is 0.673. The van der Waals surface area contributed by atoms with Crippen molar-refractivity contribution in [3.05, 3.63) is 163 Å². The van der Waals surface area contributed by atoms with Crippen LogP contribution in [0.25, 0.3) is 92.9 Å². The molecule has 10 aromatic rings. The van der Waals surface area contributed by atoms with Gasteiger partial charge in [0.2, 0.25) is 0 Å². The molecule has 0 N–H and O–H groups in total. The summed E-state index contributed by atoms with van der Waals surface area (Å²) >= 11 is 0. The third-order valence-electron chi connectivity index (χ3n) is 9.85. The van der Waals surface area contributed by atoms with Crippen molar-refractivity contribution in [1.29, 1.82) is 0 Å². The fraction of sp³-hybridized carbons (Fsp3) is 0.0227. The summed E-state index contributed by atoms with van der Waals surface area (Å²) in [7, 11) is 0. The second-order valence-corrected chi connectivity index (χ2v) is 12.5. The van der Waals surface area contributed by atoms with Gasteiger partial charge >= 0.3 is 0 Å². The van der Waals surface area contributed by atoms with Crippen LogP contribution in [0.2, 0.25) is 0 Å². The van der Waals surface area contributed by atoms with E-state index in [2.05, 4.69) is 148 Å². The van der Waals surface area contributed by atoms with Gasteiger partial charge in [0.1, 0.15) is 11.2 Å².